The zero-order chi connectivity index (χ0) is 16.7. The summed E-state index contributed by atoms with van der Waals surface area (Å²) < 4.78 is 0. The van der Waals surface area contributed by atoms with Crippen LogP contribution in [0.5, 0.6) is 0 Å². The average molecular weight is 353 g/mol. The van der Waals surface area contributed by atoms with Crippen LogP contribution in [0.3, 0.4) is 0 Å². The van der Waals surface area contributed by atoms with Gasteiger partial charge in [-0.05, 0) is 35.3 Å². The van der Waals surface area contributed by atoms with Crippen molar-refractivity contribution in [1.82, 2.24) is 4.90 Å². The molecular weight excluding hydrogens is 336 g/mol. The van der Waals surface area contributed by atoms with Gasteiger partial charge < -0.3 is 4.90 Å². The van der Waals surface area contributed by atoms with E-state index in [1.807, 2.05) is 18.3 Å². The Morgan fingerprint density at radius 2 is 1.92 bits per heavy atom. The first-order valence-electron chi connectivity index (χ1n) is 7.91. The largest absolute Gasteiger partial charge is 0.328 e. The van der Waals surface area contributed by atoms with Crippen molar-refractivity contribution in [3.63, 3.8) is 0 Å². The Labute approximate surface area is 152 Å². The number of allylic oxidation sites excluding steroid dienone is 1. The van der Waals surface area contributed by atoms with E-state index < -0.39 is 0 Å². The van der Waals surface area contributed by atoms with Crippen LogP contribution >= 0.6 is 24.2 Å². The van der Waals surface area contributed by atoms with E-state index in [0.717, 1.165) is 17.3 Å². The quantitative estimate of drug-likeness (QED) is 0.723. The Morgan fingerprint density at radius 3 is 2.71 bits per heavy atom. The number of amidine groups is 1. The molecule has 0 saturated heterocycles. The van der Waals surface area contributed by atoms with Crippen LogP contribution < -0.4 is 0 Å². The van der Waals surface area contributed by atoms with Crippen molar-refractivity contribution in [2.45, 2.75) is 13.0 Å². The fourth-order valence-corrected chi connectivity index (χ4v) is 3.97. The van der Waals surface area contributed by atoms with Crippen molar-refractivity contribution in [1.29, 1.82) is 0 Å². The van der Waals surface area contributed by atoms with E-state index in [4.69, 9.17) is 16.6 Å². The van der Waals surface area contributed by atoms with Gasteiger partial charge >= 0.3 is 0 Å². The third kappa shape index (κ3) is 2.68. The highest BCUT2D eigenvalue weighted by Crippen LogP contribution is 2.36. The summed E-state index contributed by atoms with van der Waals surface area (Å²) in [6.07, 6.45) is 3.83. The first-order chi connectivity index (χ1) is 11.6. The Kier molecular flexibility index (Phi) is 3.99. The summed E-state index contributed by atoms with van der Waals surface area (Å²) in [5, 5.41) is 0.655. The lowest BCUT2D eigenvalue weighted by molar-refractivity contribution is 0.547. The van der Waals surface area contributed by atoms with Gasteiger partial charge in [-0.1, -0.05) is 60.1 Å². The summed E-state index contributed by atoms with van der Waals surface area (Å²) in [5.74, 6) is 0.837. The molecule has 0 radical (unpaired) electrons. The second-order valence-electron chi connectivity index (χ2n) is 6.05. The molecule has 1 atom stereocenters. The minimum Gasteiger partial charge on any atom is -0.328 e. The third-order valence-corrected chi connectivity index (χ3v) is 5.04. The highest BCUT2D eigenvalue weighted by Gasteiger charge is 2.30. The number of rotatable bonds is 2. The van der Waals surface area contributed by atoms with Crippen LogP contribution in [-0.4, -0.2) is 17.3 Å². The van der Waals surface area contributed by atoms with Crippen LogP contribution in [0.2, 0.25) is 0 Å². The topological polar surface area (TPSA) is 15.6 Å². The zero-order valence-electron chi connectivity index (χ0n) is 13.3. The molecular formula is C20H17ClN2S. The second-order valence-corrected chi connectivity index (χ2v) is 6.98. The molecule has 2 aliphatic heterocycles. The molecule has 120 valence electrons. The van der Waals surface area contributed by atoms with E-state index in [1.54, 1.807) is 0 Å². The number of nitrogens with zero attached hydrogens (tertiary/aromatic N) is 2. The molecule has 0 amide bonds. The van der Waals surface area contributed by atoms with Crippen LogP contribution in [0.25, 0.3) is 11.1 Å². The monoisotopic (exact) mass is 352 g/mol. The van der Waals surface area contributed by atoms with Gasteiger partial charge in [0.2, 0.25) is 0 Å². The van der Waals surface area contributed by atoms with Crippen LogP contribution in [0.15, 0.2) is 75.7 Å². The maximum Gasteiger partial charge on any atom is 0.147 e. The second kappa shape index (κ2) is 6.15. The molecule has 4 heteroatoms. The van der Waals surface area contributed by atoms with Crippen molar-refractivity contribution < 1.29 is 0 Å². The summed E-state index contributed by atoms with van der Waals surface area (Å²) in [6.45, 7) is 2.97. The van der Waals surface area contributed by atoms with Crippen molar-refractivity contribution in [3.05, 3.63) is 81.9 Å². The molecule has 0 saturated carbocycles. The van der Waals surface area contributed by atoms with Gasteiger partial charge in [-0.25, -0.2) is 0 Å². The lowest BCUT2D eigenvalue weighted by Gasteiger charge is -2.20. The normalized spacial score (nSPS) is 19.5. The minimum absolute atomic E-state index is 0.0845. The summed E-state index contributed by atoms with van der Waals surface area (Å²) in [5.41, 5.74) is 5.01. The highest BCUT2D eigenvalue weighted by molar-refractivity contribution is 7.84. The maximum absolute atomic E-state index is 6.33. The van der Waals surface area contributed by atoms with Crippen LogP contribution in [0.4, 0.5) is 0 Å². The number of halogens is 1. The molecule has 24 heavy (non-hydrogen) atoms. The van der Waals surface area contributed by atoms with Gasteiger partial charge in [-0.3, -0.25) is 4.99 Å². The van der Waals surface area contributed by atoms with E-state index in [0.29, 0.717) is 5.03 Å². The summed E-state index contributed by atoms with van der Waals surface area (Å²) in [7, 11) is 0. The molecule has 0 aliphatic carbocycles. The lowest BCUT2D eigenvalue weighted by Crippen LogP contribution is -2.25. The van der Waals surface area contributed by atoms with E-state index in [-0.39, 0.29) is 6.04 Å². The average Bonchev–Trinajstić information content (AvgIpc) is 3.00. The Bertz CT molecular complexity index is 884. The van der Waals surface area contributed by atoms with E-state index >= 15 is 0 Å². The lowest BCUT2D eigenvalue weighted by atomic mass is 9.93. The first kappa shape index (κ1) is 15.6. The molecule has 0 bridgehead atoms. The highest BCUT2D eigenvalue weighted by atomic mass is 35.5. The summed E-state index contributed by atoms with van der Waals surface area (Å²) in [4.78, 5) is 7.80. The van der Waals surface area contributed by atoms with E-state index in [2.05, 4.69) is 66.9 Å². The Balaban J connectivity index is 1.74. The van der Waals surface area contributed by atoms with Gasteiger partial charge in [0.15, 0.2) is 0 Å². The molecule has 4 rings (SSSR count). The fraction of sp³-hybridized carbons (Fsp3) is 0.150. The molecule has 2 aliphatic rings. The molecule has 1 unspecified atom stereocenters. The number of aliphatic imine (C=N–C) groups is 1. The molecule has 0 fully saturated rings. The van der Waals surface area contributed by atoms with E-state index in [1.165, 1.54) is 22.3 Å². The maximum atomic E-state index is 6.33. The molecule has 2 aromatic carbocycles. The fourth-order valence-electron chi connectivity index (χ4n) is 3.35. The predicted octanol–water partition coefficient (Wildman–Crippen LogP) is 5.32. The zero-order valence-corrected chi connectivity index (χ0v) is 14.9. The number of benzene rings is 2. The third-order valence-electron chi connectivity index (χ3n) is 4.52. The summed E-state index contributed by atoms with van der Waals surface area (Å²) in [6, 6.07) is 17.0. The molecule has 0 N–H and O–H groups in total. The van der Waals surface area contributed by atoms with Crippen LogP contribution in [-0.2, 0) is 0 Å². The first-order valence-corrected chi connectivity index (χ1v) is 8.74. The SMILES string of the molecule is Cc1c(-c2ccccc2)cccc1C1CN2C=C(S)C=C(Cl)C2=N1. The number of thiol groups is 1. The van der Waals surface area contributed by atoms with Crippen molar-refractivity contribution in [2.75, 3.05) is 6.54 Å². The van der Waals surface area contributed by atoms with Gasteiger partial charge in [0, 0.05) is 11.1 Å². The predicted molar refractivity (Wildman–Crippen MR) is 105 cm³/mol. The number of hydrogen-bond donors (Lipinski definition) is 1. The molecule has 2 heterocycles. The van der Waals surface area contributed by atoms with E-state index in [9.17, 15) is 0 Å². The minimum atomic E-state index is 0.0845. The van der Waals surface area contributed by atoms with Crippen molar-refractivity contribution in [2.24, 2.45) is 4.99 Å². The molecule has 2 nitrogen and oxygen atoms in total. The molecule has 0 spiro atoms. The molecule has 0 aromatic heterocycles. The van der Waals surface area contributed by atoms with Crippen molar-refractivity contribution in [3.8, 4) is 11.1 Å². The molecule has 2 aromatic rings. The van der Waals surface area contributed by atoms with Crippen LogP contribution in [0, 0.1) is 6.92 Å². The Morgan fingerprint density at radius 1 is 1.12 bits per heavy atom. The van der Waals surface area contributed by atoms with Gasteiger partial charge in [-0.2, -0.15) is 0 Å². The van der Waals surface area contributed by atoms with Gasteiger partial charge in [-0.15, -0.1) is 12.6 Å². The van der Waals surface area contributed by atoms with Gasteiger partial charge in [0.25, 0.3) is 0 Å². The van der Waals surface area contributed by atoms with Gasteiger partial charge in [0.1, 0.15) is 5.84 Å². The standard InChI is InChI=1S/C20H17ClN2S/c1-13-16(14-6-3-2-4-7-14)8-5-9-17(13)19-12-23-11-15(24)10-18(21)20(23)22-19/h2-11,19,24H,12H2,1H3. The smallest absolute Gasteiger partial charge is 0.147 e. The Hall–Kier alpha value is -1.97. The number of hydrogen-bond acceptors (Lipinski definition) is 3. The number of fused-ring (bicyclic) bond motifs is 1. The van der Waals surface area contributed by atoms with Crippen molar-refractivity contribution >= 4 is 30.1 Å². The van der Waals surface area contributed by atoms with Gasteiger partial charge in [0.05, 0.1) is 17.6 Å². The van der Waals surface area contributed by atoms with Crippen LogP contribution in [0.1, 0.15) is 17.2 Å². The summed E-state index contributed by atoms with van der Waals surface area (Å²) >= 11 is 10.7.